The summed E-state index contributed by atoms with van der Waals surface area (Å²) in [7, 11) is 0. The van der Waals surface area contributed by atoms with Crippen LogP contribution in [-0.4, -0.2) is 37.2 Å². The van der Waals surface area contributed by atoms with E-state index in [0.717, 1.165) is 89.9 Å². The van der Waals surface area contributed by atoms with Crippen LogP contribution in [0.3, 0.4) is 0 Å². The second-order valence-corrected chi connectivity index (χ2v) is 17.8. The van der Waals surface area contributed by atoms with Crippen molar-refractivity contribution in [2.24, 2.45) is 0 Å². The van der Waals surface area contributed by atoms with Gasteiger partial charge in [-0.15, -0.1) is 0 Å². The highest BCUT2D eigenvalue weighted by molar-refractivity contribution is 5.71. The molecule has 0 amide bonds. The van der Waals surface area contributed by atoms with Crippen molar-refractivity contribution in [1.29, 1.82) is 0 Å². The number of esters is 3. The zero-order valence-electron chi connectivity index (χ0n) is 42.0. The van der Waals surface area contributed by atoms with Crippen molar-refractivity contribution < 1.29 is 28.6 Å². The molecule has 0 aromatic rings. The molecule has 64 heavy (non-hydrogen) atoms. The molecule has 1 atom stereocenters. The standard InChI is InChI=1S/C58H100O6/c1-4-7-10-13-16-19-22-25-28-29-31-33-36-39-42-45-48-51-57(60)63-54-55(53-62-56(59)50-47-44-41-38-35-32-27-24-21-18-15-12-9-6-3)64-58(61)52-49-46-43-40-37-34-30-26-23-20-17-14-11-8-5-2/h8,11,16-17,19-20,25-26,28,30,37,40,55H,4-7,9-10,12-15,18,21-24,27,29,31-36,38-39,41-54H2,1-3H3/b11-8-,19-16-,20-17-,28-25-,30-26-,40-37-. The SMILES string of the molecule is CC/C=C\C/C=C\C/C=C\C/C=C\CCCCC(=O)OC(COC(=O)CCCCCCCCC/C=C\C/C=C\CCCCC)COC(=O)CCCCCCCCCCCCCCCC. The third-order valence-electron chi connectivity index (χ3n) is 11.4. The van der Waals surface area contributed by atoms with Crippen LogP contribution in [0.25, 0.3) is 0 Å². The van der Waals surface area contributed by atoms with E-state index in [4.69, 9.17) is 14.2 Å². The number of rotatable bonds is 48. The number of hydrogen-bond acceptors (Lipinski definition) is 6. The summed E-state index contributed by atoms with van der Waals surface area (Å²) in [6, 6.07) is 0. The van der Waals surface area contributed by atoms with Gasteiger partial charge >= 0.3 is 17.9 Å². The van der Waals surface area contributed by atoms with E-state index < -0.39 is 6.10 Å². The second kappa shape index (κ2) is 52.5. The van der Waals surface area contributed by atoms with Crippen LogP contribution in [0.15, 0.2) is 72.9 Å². The van der Waals surface area contributed by atoms with Crippen molar-refractivity contribution >= 4 is 17.9 Å². The Morgan fingerprint density at radius 3 is 1.02 bits per heavy atom. The molecule has 0 bridgehead atoms. The van der Waals surface area contributed by atoms with E-state index in [2.05, 4.69) is 93.7 Å². The van der Waals surface area contributed by atoms with Gasteiger partial charge in [-0.1, -0.05) is 222 Å². The lowest BCUT2D eigenvalue weighted by Crippen LogP contribution is -2.30. The van der Waals surface area contributed by atoms with E-state index in [1.165, 1.54) is 122 Å². The molecule has 6 nitrogen and oxygen atoms in total. The highest BCUT2D eigenvalue weighted by Gasteiger charge is 2.19. The molecule has 368 valence electrons. The fourth-order valence-corrected chi connectivity index (χ4v) is 7.40. The second-order valence-electron chi connectivity index (χ2n) is 17.8. The van der Waals surface area contributed by atoms with Gasteiger partial charge in [0.1, 0.15) is 13.2 Å². The van der Waals surface area contributed by atoms with Crippen molar-refractivity contribution in [3.8, 4) is 0 Å². The molecule has 1 unspecified atom stereocenters. The topological polar surface area (TPSA) is 78.9 Å². The van der Waals surface area contributed by atoms with Crippen LogP contribution in [0.2, 0.25) is 0 Å². The van der Waals surface area contributed by atoms with Crippen LogP contribution in [0.5, 0.6) is 0 Å². The number of carbonyl (C=O) groups excluding carboxylic acids is 3. The summed E-state index contributed by atoms with van der Waals surface area (Å²) in [6.07, 6.45) is 66.0. The average Bonchev–Trinajstić information content (AvgIpc) is 3.29. The Hall–Kier alpha value is -3.15. The first-order chi connectivity index (χ1) is 31.5. The van der Waals surface area contributed by atoms with Gasteiger partial charge in [0.15, 0.2) is 6.10 Å². The summed E-state index contributed by atoms with van der Waals surface area (Å²) >= 11 is 0. The Kier molecular flexibility index (Phi) is 49.9. The molecular weight excluding hydrogens is 793 g/mol. The molecule has 0 fully saturated rings. The molecule has 0 aromatic heterocycles. The third-order valence-corrected chi connectivity index (χ3v) is 11.4. The molecule has 0 aliphatic heterocycles. The van der Waals surface area contributed by atoms with Crippen LogP contribution >= 0.6 is 0 Å². The first kappa shape index (κ1) is 60.9. The number of unbranched alkanes of at least 4 members (excludes halogenated alkanes) is 25. The fourth-order valence-electron chi connectivity index (χ4n) is 7.40. The molecule has 0 saturated carbocycles. The van der Waals surface area contributed by atoms with Gasteiger partial charge in [-0.05, 0) is 89.9 Å². The highest BCUT2D eigenvalue weighted by atomic mass is 16.6. The molecular formula is C58H100O6. The van der Waals surface area contributed by atoms with E-state index in [9.17, 15) is 14.4 Å². The smallest absolute Gasteiger partial charge is 0.306 e. The van der Waals surface area contributed by atoms with Crippen molar-refractivity contribution in [2.75, 3.05) is 13.2 Å². The number of hydrogen-bond donors (Lipinski definition) is 0. The Labute approximate surface area is 395 Å². The quantitative estimate of drug-likeness (QED) is 0.0262. The minimum absolute atomic E-state index is 0.0929. The zero-order chi connectivity index (χ0) is 46.5. The van der Waals surface area contributed by atoms with Gasteiger partial charge in [0.2, 0.25) is 0 Å². The minimum atomic E-state index is -0.798. The fraction of sp³-hybridized carbons (Fsp3) is 0.741. The highest BCUT2D eigenvalue weighted by Crippen LogP contribution is 2.15. The summed E-state index contributed by atoms with van der Waals surface area (Å²) in [6.45, 7) is 6.47. The molecule has 0 radical (unpaired) electrons. The third kappa shape index (κ3) is 49.9. The van der Waals surface area contributed by atoms with E-state index in [1.807, 2.05) is 0 Å². The Bertz CT molecular complexity index is 1210. The largest absolute Gasteiger partial charge is 0.462 e. The number of allylic oxidation sites excluding steroid dienone is 12. The summed E-state index contributed by atoms with van der Waals surface area (Å²) in [5, 5.41) is 0. The van der Waals surface area contributed by atoms with Gasteiger partial charge < -0.3 is 14.2 Å². The summed E-state index contributed by atoms with van der Waals surface area (Å²) in [5.41, 5.74) is 0. The maximum absolute atomic E-state index is 12.8. The van der Waals surface area contributed by atoms with Crippen LogP contribution in [-0.2, 0) is 28.6 Å². The molecule has 0 rings (SSSR count). The summed E-state index contributed by atoms with van der Waals surface area (Å²) in [4.78, 5) is 38.0. The van der Waals surface area contributed by atoms with Crippen molar-refractivity contribution in [1.82, 2.24) is 0 Å². The minimum Gasteiger partial charge on any atom is -0.462 e. The average molecular weight is 893 g/mol. The lowest BCUT2D eigenvalue weighted by atomic mass is 10.0. The molecule has 0 heterocycles. The lowest BCUT2D eigenvalue weighted by molar-refractivity contribution is -0.167. The van der Waals surface area contributed by atoms with Gasteiger partial charge in [-0.2, -0.15) is 0 Å². The van der Waals surface area contributed by atoms with Gasteiger partial charge in [-0.25, -0.2) is 0 Å². The van der Waals surface area contributed by atoms with Crippen molar-refractivity contribution in [3.05, 3.63) is 72.9 Å². The first-order valence-corrected chi connectivity index (χ1v) is 26.9. The van der Waals surface area contributed by atoms with E-state index in [0.29, 0.717) is 19.3 Å². The van der Waals surface area contributed by atoms with Crippen LogP contribution in [0, 0.1) is 0 Å². The molecule has 0 aromatic carbocycles. The zero-order valence-corrected chi connectivity index (χ0v) is 42.0. The molecule has 0 aliphatic carbocycles. The number of ether oxygens (including phenoxy) is 3. The molecule has 6 heteroatoms. The van der Waals surface area contributed by atoms with Gasteiger partial charge in [0.05, 0.1) is 0 Å². The van der Waals surface area contributed by atoms with Gasteiger partial charge in [0, 0.05) is 19.3 Å². The van der Waals surface area contributed by atoms with Gasteiger partial charge in [-0.3, -0.25) is 14.4 Å². The monoisotopic (exact) mass is 893 g/mol. The predicted octanol–water partition coefficient (Wildman–Crippen LogP) is 17.8. The van der Waals surface area contributed by atoms with Crippen molar-refractivity contribution in [2.45, 2.75) is 264 Å². The van der Waals surface area contributed by atoms with Crippen LogP contribution in [0.4, 0.5) is 0 Å². The van der Waals surface area contributed by atoms with E-state index in [1.54, 1.807) is 0 Å². The summed E-state index contributed by atoms with van der Waals surface area (Å²) < 4.78 is 16.8. The lowest BCUT2D eigenvalue weighted by Gasteiger charge is -2.18. The Balaban J connectivity index is 4.44. The number of carbonyl (C=O) groups is 3. The van der Waals surface area contributed by atoms with Crippen LogP contribution < -0.4 is 0 Å². The molecule has 0 N–H and O–H groups in total. The molecule has 0 saturated heterocycles. The normalized spacial score (nSPS) is 12.6. The molecule has 0 aliphatic rings. The first-order valence-electron chi connectivity index (χ1n) is 26.9. The van der Waals surface area contributed by atoms with Gasteiger partial charge in [0.25, 0.3) is 0 Å². The van der Waals surface area contributed by atoms with E-state index >= 15 is 0 Å². The summed E-state index contributed by atoms with van der Waals surface area (Å²) in [5.74, 6) is -0.937. The Morgan fingerprint density at radius 2 is 0.609 bits per heavy atom. The molecule has 0 spiro atoms. The maximum atomic E-state index is 12.8. The van der Waals surface area contributed by atoms with E-state index in [-0.39, 0.29) is 37.5 Å². The maximum Gasteiger partial charge on any atom is 0.306 e. The van der Waals surface area contributed by atoms with Crippen molar-refractivity contribution in [3.63, 3.8) is 0 Å². The Morgan fingerprint density at radius 1 is 0.328 bits per heavy atom. The van der Waals surface area contributed by atoms with Crippen LogP contribution in [0.1, 0.15) is 258 Å². The predicted molar refractivity (Wildman–Crippen MR) is 274 cm³/mol.